The van der Waals surface area contributed by atoms with E-state index in [9.17, 15) is 14.7 Å². The first-order valence-corrected chi connectivity index (χ1v) is 6.06. The number of carbonyl (C=O) groups is 2. The summed E-state index contributed by atoms with van der Waals surface area (Å²) in [5.41, 5.74) is 0.728. The van der Waals surface area contributed by atoms with Crippen LogP contribution in [0.5, 0.6) is 0 Å². The standard InChI is InChI=1S/C15H15NO3/c1-9(2)14(17)16-12-8-4-6-10-5-3-7-11(13(10)12)15(18)19/h3-9H,1-2H3,(H,16,17)(H,18,19). The lowest BCUT2D eigenvalue weighted by molar-refractivity contribution is -0.118. The number of carboxylic acid groups (broad SMARTS) is 1. The number of benzene rings is 2. The molecule has 2 aromatic rings. The van der Waals surface area contributed by atoms with Crippen LogP contribution in [0.25, 0.3) is 10.8 Å². The number of rotatable bonds is 3. The molecule has 0 unspecified atom stereocenters. The van der Waals surface area contributed by atoms with E-state index in [-0.39, 0.29) is 17.4 Å². The molecule has 0 atom stereocenters. The topological polar surface area (TPSA) is 66.4 Å². The Bertz CT molecular complexity index is 642. The molecule has 0 fully saturated rings. The van der Waals surface area contributed by atoms with E-state index >= 15 is 0 Å². The molecule has 0 saturated carbocycles. The highest BCUT2D eigenvalue weighted by Crippen LogP contribution is 2.27. The maximum absolute atomic E-state index is 11.8. The van der Waals surface area contributed by atoms with Gasteiger partial charge in [-0.05, 0) is 17.5 Å². The number of carboxylic acids is 1. The van der Waals surface area contributed by atoms with Crippen molar-refractivity contribution < 1.29 is 14.7 Å². The zero-order valence-corrected chi connectivity index (χ0v) is 10.8. The number of aromatic carboxylic acids is 1. The summed E-state index contributed by atoms with van der Waals surface area (Å²) >= 11 is 0. The van der Waals surface area contributed by atoms with Crippen molar-refractivity contribution in [2.24, 2.45) is 5.92 Å². The molecule has 0 saturated heterocycles. The zero-order chi connectivity index (χ0) is 14.0. The Hall–Kier alpha value is -2.36. The van der Waals surface area contributed by atoms with Crippen LogP contribution in [0.4, 0.5) is 5.69 Å². The summed E-state index contributed by atoms with van der Waals surface area (Å²) in [6, 6.07) is 10.4. The number of hydrogen-bond donors (Lipinski definition) is 2. The van der Waals surface area contributed by atoms with Crippen molar-refractivity contribution in [3.63, 3.8) is 0 Å². The minimum Gasteiger partial charge on any atom is -0.478 e. The van der Waals surface area contributed by atoms with Crippen molar-refractivity contribution >= 4 is 28.3 Å². The van der Waals surface area contributed by atoms with Crippen molar-refractivity contribution in [1.29, 1.82) is 0 Å². The first-order chi connectivity index (χ1) is 9.00. The fourth-order valence-electron chi connectivity index (χ4n) is 1.90. The lowest BCUT2D eigenvalue weighted by Crippen LogP contribution is -2.18. The number of hydrogen-bond acceptors (Lipinski definition) is 2. The summed E-state index contributed by atoms with van der Waals surface area (Å²) in [5.74, 6) is -1.29. The van der Waals surface area contributed by atoms with E-state index in [1.165, 1.54) is 6.07 Å². The van der Waals surface area contributed by atoms with E-state index in [0.29, 0.717) is 11.1 Å². The summed E-state index contributed by atoms with van der Waals surface area (Å²) in [6.07, 6.45) is 0. The van der Waals surface area contributed by atoms with Gasteiger partial charge >= 0.3 is 5.97 Å². The van der Waals surface area contributed by atoms with Crippen LogP contribution in [0.1, 0.15) is 24.2 Å². The second kappa shape index (κ2) is 5.10. The van der Waals surface area contributed by atoms with Crippen LogP contribution in [-0.2, 0) is 4.79 Å². The average molecular weight is 257 g/mol. The van der Waals surface area contributed by atoms with Crippen LogP contribution < -0.4 is 5.32 Å². The van der Waals surface area contributed by atoms with Gasteiger partial charge in [-0.15, -0.1) is 0 Å². The monoisotopic (exact) mass is 257 g/mol. The van der Waals surface area contributed by atoms with Gasteiger partial charge in [0.2, 0.25) is 5.91 Å². The highest BCUT2D eigenvalue weighted by atomic mass is 16.4. The molecule has 2 aromatic carbocycles. The Morgan fingerprint density at radius 2 is 1.74 bits per heavy atom. The van der Waals surface area contributed by atoms with Crippen molar-refractivity contribution in [2.75, 3.05) is 5.32 Å². The second-order valence-electron chi connectivity index (χ2n) is 4.66. The number of carbonyl (C=O) groups excluding carboxylic acids is 1. The average Bonchev–Trinajstić information content (AvgIpc) is 2.38. The van der Waals surface area contributed by atoms with Crippen LogP contribution in [0, 0.1) is 5.92 Å². The largest absolute Gasteiger partial charge is 0.478 e. The highest BCUT2D eigenvalue weighted by molar-refractivity contribution is 6.11. The van der Waals surface area contributed by atoms with Crippen LogP contribution in [-0.4, -0.2) is 17.0 Å². The molecule has 0 radical (unpaired) electrons. The molecule has 0 aliphatic carbocycles. The normalized spacial score (nSPS) is 10.7. The molecular formula is C15H15NO3. The number of amides is 1. The maximum atomic E-state index is 11.8. The molecular weight excluding hydrogens is 242 g/mol. The molecule has 0 bridgehead atoms. The predicted molar refractivity (Wildman–Crippen MR) is 74.4 cm³/mol. The van der Waals surface area contributed by atoms with E-state index in [2.05, 4.69) is 5.32 Å². The highest BCUT2D eigenvalue weighted by Gasteiger charge is 2.14. The maximum Gasteiger partial charge on any atom is 0.336 e. The summed E-state index contributed by atoms with van der Waals surface area (Å²) in [6.45, 7) is 3.58. The molecule has 98 valence electrons. The van der Waals surface area contributed by atoms with Gasteiger partial charge in [-0.25, -0.2) is 4.79 Å². The summed E-state index contributed by atoms with van der Waals surface area (Å²) < 4.78 is 0. The van der Waals surface area contributed by atoms with Crippen LogP contribution in [0.2, 0.25) is 0 Å². The fourth-order valence-corrected chi connectivity index (χ4v) is 1.90. The molecule has 4 heteroatoms. The van der Waals surface area contributed by atoms with E-state index in [0.717, 1.165) is 5.39 Å². The summed E-state index contributed by atoms with van der Waals surface area (Å²) in [5, 5.41) is 13.4. The Balaban J connectivity index is 2.61. The van der Waals surface area contributed by atoms with Gasteiger partial charge in [0.1, 0.15) is 0 Å². The Morgan fingerprint density at radius 3 is 2.32 bits per heavy atom. The minimum absolute atomic E-state index is 0.132. The van der Waals surface area contributed by atoms with Gasteiger partial charge < -0.3 is 10.4 Å². The van der Waals surface area contributed by atoms with Gasteiger partial charge in [-0.3, -0.25) is 4.79 Å². The van der Waals surface area contributed by atoms with E-state index in [4.69, 9.17) is 0 Å². The molecule has 2 rings (SSSR count). The van der Waals surface area contributed by atoms with Crippen LogP contribution in [0.3, 0.4) is 0 Å². The molecule has 0 aromatic heterocycles. The predicted octanol–water partition coefficient (Wildman–Crippen LogP) is 3.13. The third-order valence-corrected chi connectivity index (χ3v) is 2.92. The molecule has 19 heavy (non-hydrogen) atoms. The third kappa shape index (κ3) is 2.57. The lowest BCUT2D eigenvalue weighted by Gasteiger charge is -2.12. The number of nitrogens with one attached hydrogen (secondary N) is 1. The Kier molecular flexibility index (Phi) is 3.51. The van der Waals surface area contributed by atoms with Crippen molar-refractivity contribution in [2.45, 2.75) is 13.8 Å². The lowest BCUT2D eigenvalue weighted by atomic mass is 10.0. The van der Waals surface area contributed by atoms with E-state index in [1.807, 2.05) is 12.1 Å². The molecule has 0 spiro atoms. The number of anilines is 1. The molecule has 4 nitrogen and oxygen atoms in total. The van der Waals surface area contributed by atoms with Crippen LogP contribution >= 0.6 is 0 Å². The summed E-state index contributed by atoms with van der Waals surface area (Å²) in [7, 11) is 0. The van der Waals surface area contributed by atoms with E-state index in [1.54, 1.807) is 32.0 Å². The Labute approximate surface area is 111 Å². The number of fused-ring (bicyclic) bond motifs is 1. The quantitative estimate of drug-likeness (QED) is 0.887. The first-order valence-electron chi connectivity index (χ1n) is 6.06. The van der Waals surface area contributed by atoms with Crippen LogP contribution in [0.15, 0.2) is 36.4 Å². The van der Waals surface area contributed by atoms with E-state index < -0.39 is 5.97 Å². The van der Waals surface area contributed by atoms with Gasteiger partial charge in [0.05, 0.1) is 5.56 Å². The van der Waals surface area contributed by atoms with Gasteiger partial charge in [-0.2, -0.15) is 0 Å². The zero-order valence-electron chi connectivity index (χ0n) is 10.8. The Morgan fingerprint density at radius 1 is 1.11 bits per heavy atom. The third-order valence-electron chi connectivity index (χ3n) is 2.92. The van der Waals surface area contributed by atoms with Crippen molar-refractivity contribution in [3.8, 4) is 0 Å². The first kappa shape index (κ1) is 13.1. The second-order valence-corrected chi connectivity index (χ2v) is 4.66. The van der Waals surface area contributed by atoms with Gasteiger partial charge in [0, 0.05) is 17.0 Å². The van der Waals surface area contributed by atoms with Gasteiger partial charge in [0.25, 0.3) is 0 Å². The van der Waals surface area contributed by atoms with Crippen molar-refractivity contribution in [3.05, 3.63) is 42.0 Å². The SMILES string of the molecule is CC(C)C(=O)Nc1cccc2cccc(C(=O)O)c12. The molecule has 2 N–H and O–H groups in total. The van der Waals surface area contributed by atoms with Gasteiger partial charge in [0.15, 0.2) is 0 Å². The summed E-state index contributed by atoms with van der Waals surface area (Å²) in [4.78, 5) is 23.1. The molecule has 0 heterocycles. The molecule has 0 aliphatic heterocycles. The van der Waals surface area contributed by atoms with Gasteiger partial charge in [-0.1, -0.05) is 38.1 Å². The smallest absolute Gasteiger partial charge is 0.336 e. The molecule has 1 amide bonds. The minimum atomic E-state index is -1.00. The fraction of sp³-hybridized carbons (Fsp3) is 0.200. The molecule has 0 aliphatic rings. The van der Waals surface area contributed by atoms with Crippen molar-refractivity contribution in [1.82, 2.24) is 0 Å².